The number of fused-ring (bicyclic) bond motifs is 2. The lowest BCUT2D eigenvalue weighted by atomic mass is 9.78. The third kappa shape index (κ3) is 6.39. The first kappa shape index (κ1) is 30.1. The molecule has 7 heteroatoms. The minimum Gasteiger partial charge on any atom is -0.388 e. The predicted octanol–water partition coefficient (Wildman–Crippen LogP) is 5.55. The zero-order valence-electron chi connectivity index (χ0n) is 26.1. The summed E-state index contributed by atoms with van der Waals surface area (Å²) in [5, 5.41) is 13.8. The fourth-order valence-electron chi connectivity index (χ4n) is 7.30. The molecule has 7 nitrogen and oxygen atoms in total. The number of benzene rings is 4. The molecule has 2 N–H and O–H groups in total. The van der Waals surface area contributed by atoms with E-state index in [2.05, 4.69) is 46.7 Å². The molecule has 2 saturated heterocycles. The van der Waals surface area contributed by atoms with Crippen molar-refractivity contribution in [1.29, 1.82) is 0 Å². The second-order valence-electron chi connectivity index (χ2n) is 13.1. The number of hydrogen-bond acceptors (Lipinski definition) is 4. The van der Waals surface area contributed by atoms with Gasteiger partial charge in [0.25, 0.3) is 0 Å². The number of rotatable bonds is 12. The molecule has 2 amide bonds. The molecular formula is C39H41N4O3+. The Morgan fingerprint density at radius 3 is 2.20 bits per heavy atom. The first-order valence-electron chi connectivity index (χ1n) is 16.4. The summed E-state index contributed by atoms with van der Waals surface area (Å²) in [7, 11) is 0. The van der Waals surface area contributed by atoms with Gasteiger partial charge in [0.2, 0.25) is 11.8 Å². The van der Waals surface area contributed by atoms with E-state index in [1.165, 1.54) is 11.3 Å². The monoisotopic (exact) mass is 613 g/mol. The van der Waals surface area contributed by atoms with Gasteiger partial charge in [0.15, 0.2) is 0 Å². The Kier molecular flexibility index (Phi) is 8.52. The van der Waals surface area contributed by atoms with E-state index in [1.54, 1.807) is 0 Å². The highest BCUT2D eigenvalue weighted by molar-refractivity contribution is 6.03. The van der Waals surface area contributed by atoms with Crippen LogP contribution in [-0.2, 0) is 29.1 Å². The van der Waals surface area contributed by atoms with Crippen LogP contribution in [0.4, 0.5) is 5.69 Å². The maximum absolute atomic E-state index is 13.5. The molecule has 4 aliphatic heterocycles. The smallest absolute Gasteiger partial charge is 0.233 e. The van der Waals surface area contributed by atoms with Crippen molar-refractivity contribution in [2.45, 2.75) is 44.5 Å². The van der Waals surface area contributed by atoms with Crippen molar-refractivity contribution in [1.82, 2.24) is 5.32 Å². The van der Waals surface area contributed by atoms with Crippen LogP contribution in [0.25, 0.3) is 0 Å². The number of quaternary nitrogens is 1. The number of amides is 2. The standard InChI is InChI=1S/C39H40N4O3/c44-36(31-7-3-1-4-8-31)20-19-35-38(32-9-5-2-6-10-32)42(39(35)46)34-17-15-29(16-18-34)24-41-37(45)23-28-11-13-30(14-12-28)25-43-22-21-40-33(26-43)27-43/h1-18,35-36,38,44H,19-27H2/p+1. The van der Waals surface area contributed by atoms with Gasteiger partial charge in [0.05, 0.1) is 37.6 Å². The van der Waals surface area contributed by atoms with Crippen LogP contribution in [-0.4, -0.2) is 53.3 Å². The molecule has 4 heterocycles. The van der Waals surface area contributed by atoms with Gasteiger partial charge < -0.3 is 19.8 Å². The minimum atomic E-state index is -0.597. The zero-order chi connectivity index (χ0) is 31.5. The Bertz CT molecular complexity index is 1700. The zero-order valence-corrected chi connectivity index (χ0v) is 26.1. The van der Waals surface area contributed by atoms with Crippen molar-refractivity contribution in [3.63, 3.8) is 0 Å². The molecule has 0 aromatic heterocycles. The van der Waals surface area contributed by atoms with Crippen molar-refractivity contribution >= 4 is 23.2 Å². The molecule has 46 heavy (non-hydrogen) atoms. The van der Waals surface area contributed by atoms with Gasteiger partial charge in [-0.2, -0.15) is 0 Å². The molecule has 2 fully saturated rings. The van der Waals surface area contributed by atoms with Crippen LogP contribution in [0.2, 0.25) is 0 Å². The summed E-state index contributed by atoms with van der Waals surface area (Å²) in [6.45, 7) is 5.72. The lowest BCUT2D eigenvalue weighted by molar-refractivity contribution is -0.946. The predicted molar refractivity (Wildman–Crippen MR) is 180 cm³/mol. The molecule has 0 radical (unpaired) electrons. The molecule has 4 aromatic carbocycles. The fraction of sp³-hybridized carbons (Fsp3) is 0.308. The Morgan fingerprint density at radius 1 is 0.870 bits per heavy atom. The molecule has 0 aliphatic carbocycles. The van der Waals surface area contributed by atoms with E-state index in [-0.39, 0.29) is 23.8 Å². The van der Waals surface area contributed by atoms with Crippen molar-refractivity contribution in [3.8, 4) is 0 Å². The average molecular weight is 614 g/mol. The second-order valence-corrected chi connectivity index (χ2v) is 13.1. The average Bonchev–Trinajstić information content (AvgIpc) is 3.08. The van der Waals surface area contributed by atoms with Crippen LogP contribution < -0.4 is 10.2 Å². The van der Waals surface area contributed by atoms with E-state index >= 15 is 0 Å². The first-order valence-corrected chi connectivity index (χ1v) is 16.4. The number of carbonyl (C=O) groups is 2. The van der Waals surface area contributed by atoms with Crippen LogP contribution in [0.15, 0.2) is 114 Å². The van der Waals surface area contributed by atoms with Gasteiger partial charge in [0.1, 0.15) is 25.3 Å². The summed E-state index contributed by atoms with van der Waals surface area (Å²) in [4.78, 5) is 32.7. The number of carbonyl (C=O) groups excluding carboxylic acids is 2. The number of anilines is 1. The topological polar surface area (TPSA) is 82.0 Å². The van der Waals surface area contributed by atoms with Crippen molar-refractivity contribution < 1.29 is 19.2 Å². The Morgan fingerprint density at radius 2 is 1.52 bits per heavy atom. The largest absolute Gasteiger partial charge is 0.388 e. The highest BCUT2D eigenvalue weighted by atomic mass is 16.3. The second kappa shape index (κ2) is 13.0. The highest BCUT2D eigenvalue weighted by Gasteiger charge is 2.48. The maximum atomic E-state index is 13.5. The van der Waals surface area contributed by atoms with Gasteiger partial charge in [-0.1, -0.05) is 97.1 Å². The number of hydrogen-bond donors (Lipinski definition) is 2. The van der Waals surface area contributed by atoms with E-state index < -0.39 is 6.10 Å². The molecular weight excluding hydrogens is 572 g/mol. The quantitative estimate of drug-likeness (QED) is 0.163. The Labute approximate surface area is 270 Å². The van der Waals surface area contributed by atoms with Gasteiger partial charge >= 0.3 is 0 Å². The number of nitrogens with one attached hydrogen (secondary N) is 1. The molecule has 8 rings (SSSR count). The van der Waals surface area contributed by atoms with Gasteiger partial charge in [0, 0.05) is 17.8 Å². The van der Waals surface area contributed by atoms with Gasteiger partial charge in [-0.15, -0.1) is 0 Å². The molecule has 2 bridgehead atoms. The van der Waals surface area contributed by atoms with E-state index in [1.807, 2.05) is 77.7 Å². The van der Waals surface area contributed by atoms with Crippen molar-refractivity contribution in [3.05, 3.63) is 137 Å². The van der Waals surface area contributed by atoms with E-state index in [9.17, 15) is 14.7 Å². The highest BCUT2D eigenvalue weighted by Crippen LogP contribution is 2.46. The van der Waals surface area contributed by atoms with Gasteiger partial charge in [-0.25, -0.2) is 0 Å². The molecule has 0 spiro atoms. The first-order chi connectivity index (χ1) is 22.5. The third-order valence-electron chi connectivity index (χ3n) is 9.85. The number of nitrogens with zero attached hydrogens (tertiary/aromatic N) is 3. The number of aliphatic hydroxyl groups excluding tert-OH is 1. The van der Waals surface area contributed by atoms with Crippen LogP contribution >= 0.6 is 0 Å². The van der Waals surface area contributed by atoms with E-state index in [4.69, 9.17) is 0 Å². The van der Waals surface area contributed by atoms with Gasteiger partial charge in [-0.05, 0) is 47.2 Å². The summed E-state index contributed by atoms with van der Waals surface area (Å²) >= 11 is 0. The van der Waals surface area contributed by atoms with Crippen molar-refractivity contribution in [2.24, 2.45) is 10.9 Å². The summed E-state index contributed by atoms with van der Waals surface area (Å²) in [5.41, 5.74) is 7.47. The van der Waals surface area contributed by atoms with Crippen LogP contribution in [0, 0.1) is 5.92 Å². The Hall–Kier alpha value is -4.59. The van der Waals surface area contributed by atoms with Crippen LogP contribution in [0.1, 0.15) is 52.8 Å². The summed E-state index contributed by atoms with van der Waals surface area (Å²) in [6.07, 6.45) is 0.877. The molecule has 4 aromatic rings. The summed E-state index contributed by atoms with van der Waals surface area (Å²) < 4.78 is 1.12. The molecule has 234 valence electrons. The molecule has 3 atom stereocenters. The third-order valence-corrected chi connectivity index (χ3v) is 9.85. The normalized spacial score (nSPS) is 20.2. The lowest BCUT2D eigenvalue weighted by Gasteiger charge is -2.48. The lowest BCUT2D eigenvalue weighted by Crippen LogP contribution is -2.67. The molecule has 3 unspecified atom stereocenters. The number of β-lactam (4-membered cyclic amide) rings is 1. The summed E-state index contributed by atoms with van der Waals surface area (Å²) in [5.74, 6) is -0.133. The fourth-order valence-corrected chi connectivity index (χ4v) is 7.30. The maximum Gasteiger partial charge on any atom is 0.233 e. The number of aliphatic imine (C=N–C) groups is 1. The van der Waals surface area contributed by atoms with Crippen LogP contribution in [0.5, 0.6) is 0 Å². The minimum absolute atomic E-state index is 0.0130. The van der Waals surface area contributed by atoms with Gasteiger partial charge in [-0.3, -0.25) is 14.6 Å². The molecule has 4 aliphatic rings. The Balaban J connectivity index is 0.933. The van der Waals surface area contributed by atoms with E-state index in [0.29, 0.717) is 25.8 Å². The van der Waals surface area contributed by atoms with Crippen molar-refractivity contribution in [2.75, 3.05) is 31.1 Å². The van der Waals surface area contributed by atoms with E-state index in [0.717, 1.165) is 65.1 Å². The molecule has 0 saturated carbocycles. The summed E-state index contributed by atoms with van der Waals surface area (Å²) in [6, 6.07) is 36.0. The van der Waals surface area contributed by atoms with Crippen LogP contribution in [0.3, 0.4) is 0 Å². The SMILES string of the molecule is O=C(Cc1ccc(C[N+]23CCN=C(C2)C3)cc1)NCc1ccc(N2C(=O)C(CCC(O)c3ccccc3)C2c2ccccc2)cc1. The number of aliphatic hydroxyl groups is 1.